The number of ether oxygens (including phenoxy) is 1. The van der Waals surface area contributed by atoms with E-state index in [2.05, 4.69) is 36.6 Å². The van der Waals surface area contributed by atoms with E-state index in [1.165, 1.54) is 6.07 Å². The van der Waals surface area contributed by atoms with Gasteiger partial charge in [0.25, 0.3) is 0 Å². The van der Waals surface area contributed by atoms with E-state index in [0.717, 1.165) is 6.07 Å². The van der Waals surface area contributed by atoms with Crippen LogP contribution in [0.4, 0.5) is 22.0 Å². The largest absolute Gasteiger partial charge is 0.433 e. The van der Waals surface area contributed by atoms with Crippen LogP contribution in [0.3, 0.4) is 0 Å². The Kier molecular flexibility index (Phi) is 4.17. The molecule has 0 spiro atoms. The van der Waals surface area contributed by atoms with Crippen molar-refractivity contribution < 1.29 is 26.7 Å². The van der Waals surface area contributed by atoms with Gasteiger partial charge in [-0.15, -0.1) is 0 Å². The van der Waals surface area contributed by atoms with E-state index in [4.69, 9.17) is 0 Å². The first-order valence-corrected chi connectivity index (χ1v) is 5.32. The molecule has 0 heterocycles. The van der Waals surface area contributed by atoms with Crippen LogP contribution in [0.1, 0.15) is 5.56 Å². The second kappa shape index (κ2) is 4.87. The number of alkyl halides is 5. The van der Waals surface area contributed by atoms with Gasteiger partial charge in [0.2, 0.25) is 0 Å². The van der Waals surface area contributed by atoms with Crippen molar-refractivity contribution >= 4 is 31.9 Å². The molecule has 1 aromatic carbocycles. The van der Waals surface area contributed by atoms with Gasteiger partial charge in [-0.1, -0.05) is 15.9 Å². The van der Waals surface area contributed by atoms with Gasteiger partial charge in [0.1, 0.15) is 5.56 Å². The average molecular weight is 370 g/mol. The molecule has 0 atom stereocenters. The predicted octanol–water partition coefficient (Wildman–Crippen LogP) is 4.83. The molecule has 0 unspecified atom stereocenters. The van der Waals surface area contributed by atoms with Gasteiger partial charge in [0, 0.05) is 4.47 Å². The van der Waals surface area contributed by atoms with E-state index < -0.39 is 24.1 Å². The summed E-state index contributed by atoms with van der Waals surface area (Å²) in [5.41, 5.74) is -1.28. The zero-order valence-electron chi connectivity index (χ0n) is 7.29. The van der Waals surface area contributed by atoms with Crippen molar-refractivity contribution in [2.75, 3.05) is 0 Å². The van der Waals surface area contributed by atoms with E-state index in [9.17, 15) is 22.0 Å². The molecule has 1 nitrogen and oxygen atoms in total. The van der Waals surface area contributed by atoms with Gasteiger partial charge in [-0.25, -0.2) is 0 Å². The van der Waals surface area contributed by atoms with Crippen molar-refractivity contribution in [1.82, 2.24) is 0 Å². The third-order valence-corrected chi connectivity index (χ3v) is 2.83. The van der Waals surface area contributed by atoms with Gasteiger partial charge < -0.3 is 4.74 Å². The number of halogens is 7. The summed E-state index contributed by atoms with van der Waals surface area (Å²) in [6.45, 7) is -3.33. The molecular weight excluding hydrogens is 367 g/mol. The minimum absolute atomic E-state index is 0.191. The second-order valence-corrected chi connectivity index (χ2v) is 4.32. The molecule has 0 aromatic heterocycles. The topological polar surface area (TPSA) is 9.23 Å². The van der Waals surface area contributed by atoms with Gasteiger partial charge in [-0.05, 0) is 28.1 Å². The summed E-state index contributed by atoms with van der Waals surface area (Å²) in [5, 5.41) is 0. The Hall–Kier alpha value is -0.370. The summed E-state index contributed by atoms with van der Waals surface area (Å²) in [4.78, 5) is 0. The van der Waals surface area contributed by atoms with Crippen LogP contribution in [0.25, 0.3) is 0 Å². The summed E-state index contributed by atoms with van der Waals surface area (Å²) in [6.07, 6.45) is -4.78. The highest BCUT2D eigenvalue weighted by Gasteiger charge is 2.38. The second-order valence-electron chi connectivity index (χ2n) is 2.61. The minimum atomic E-state index is -4.78. The van der Waals surface area contributed by atoms with Crippen LogP contribution in [0, 0.1) is 0 Å². The van der Waals surface area contributed by atoms with Gasteiger partial charge in [-0.3, -0.25) is 0 Å². The molecule has 0 saturated heterocycles. The van der Waals surface area contributed by atoms with Crippen LogP contribution in [0.15, 0.2) is 21.1 Å². The van der Waals surface area contributed by atoms with Crippen molar-refractivity contribution in [3.05, 3.63) is 26.6 Å². The summed E-state index contributed by atoms with van der Waals surface area (Å²) in [5.74, 6) is -0.933. The zero-order valence-corrected chi connectivity index (χ0v) is 10.5. The van der Waals surface area contributed by atoms with Gasteiger partial charge >= 0.3 is 12.8 Å². The molecule has 1 aromatic rings. The van der Waals surface area contributed by atoms with E-state index in [-0.39, 0.29) is 8.95 Å². The number of hydrogen-bond donors (Lipinski definition) is 0. The lowest BCUT2D eigenvalue weighted by atomic mass is 10.2. The fourth-order valence-corrected chi connectivity index (χ4v) is 1.96. The molecule has 0 radical (unpaired) electrons. The molecule has 0 aliphatic rings. The SMILES string of the molecule is FC(F)Oc1c(Br)ccc(Br)c1C(F)(F)F. The van der Waals surface area contributed by atoms with Crippen LogP contribution >= 0.6 is 31.9 Å². The molecule has 90 valence electrons. The molecular formula is C8H3Br2F5O. The maximum atomic E-state index is 12.6. The Morgan fingerprint density at radius 2 is 1.56 bits per heavy atom. The summed E-state index contributed by atoms with van der Waals surface area (Å²) in [6, 6.07) is 2.27. The zero-order chi connectivity index (χ0) is 12.5. The van der Waals surface area contributed by atoms with E-state index >= 15 is 0 Å². The molecule has 0 aliphatic carbocycles. The summed E-state index contributed by atoms with van der Waals surface area (Å²) < 4.78 is 64.9. The van der Waals surface area contributed by atoms with Crippen molar-refractivity contribution in [2.45, 2.75) is 12.8 Å². The number of benzene rings is 1. The first-order chi connectivity index (χ1) is 7.23. The smallest absolute Gasteiger partial charge is 0.421 e. The molecule has 0 bridgehead atoms. The third kappa shape index (κ3) is 3.07. The Labute approximate surface area is 104 Å². The highest BCUT2D eigenvalue weighted by Crippen LogP contribution is 2.45. The van der Waals surface area contributed by atoms with Crippen LogP contribution in [-0.4, -0.2) is 6.61 Å². The molecule has 0 aliphatic heterocycles. The summed E-state index contributed by atoms with van der Waals surface area (Å²) in [7, 11) is 0. The minimum Gasteiger partial charge on any atom is -0.433 e. The van der Waals surface area contributed by atoms with Gasteiger partial charge in [-0.2, -0.15) is 22.0 Å². The van der Waals surface area contributed by atoms with Crippen LogP contribution in [0.5, 0.6) is 5.75 Å². The first-order valence-electron chi connectivity index (χ1n) is 3.73. The quantitative estimate of drug-likeness (QED) is 0.678. The maximum absolute atomic E-state index is 12.6. The van der Waals surface area contributed by atoms with Crippen molar-refractivity contribution in [1.29, 1.82) is 0 Å². The monoisotopic (exact) mass is 368 g/mol. The number of rotatable bonds is 2. The third-order valence-electron chi connectivity index (χ3n) is 1.55. The molecule has 16 heavy (non-hydrogen) atoms. The molecule has 0 saturated carbocycles. The molecule has 1 rings (SSSR count). The molecule has 8 heteroatoms. The predicted molar refractivity (Wildman–Crippen MR) is 53.5 cm³/mol. The van der Waals surface area contributed by atoms with Crippen molar-refractivity contribution in [3.8, 4) is 5.75 Å². The lowest BCUT2D eigenvalue weighted by molar-refractivity contribution is -0.142. The molecule has 0 N–H and O–H groups in total. The van der Waals surface area contributed by atoms with Crippen molar-refractivity contribution in [2.24, 2.45) is 0 Å². The Bertz CT molecular complexity index is 391. The average Bonchev–Trinajstić information content (AvgIpc) is 2.08. The highest BCUT2D eigenvalue weighted by atomic mass is 79.9. The van der Waals surface area contributed by atoms with Gasteiger partial charge in [0.15, 0.2) is 5.75 Å². The van der Waals surface area contributed by atoms with Gasteiger partial charge in [0.05, 0.1) is 4.47 Å². The van der Waals surface area contributed by atoms with E-state index in [1.807, 2.05) is 0 Å². The lowest BCUT2D eigenvalue weighted by Gasteiger charge is -2.16. The summed E-state index contributed by atoms with van der Waals surface area (Å²) >= 11 is 5.36. The number of hydrogen-bond acceptors (Lipinski definition) is 1. The normalized spacial score (nSPS) is 12.0. The Morgan fingerprint density at radius 1 is 1.06 bits per heavy atom. The van der Waals surface area contributed by atoms with Crippen molar-refractivity contribution in [3.63, 3.8) is 0 Å². The van der Waals surface area contributed by atoms with Crippen LogP contribution in [0.2, 0.25) is 0 Å². The fraction of sp³-hybridized carbons (Fsp3) is 0.250. The highest BCUT2D eigenvalue weighted by molar-refractivity contribution is 9.11. The Morgan fingerprint density at radius 3 is 2.00 bits per heavy atom. The maximum Gasteiger partial charge on any atom is 0.421 e. The van der Waals surface area contributed by atoms with Crippen LogP contribution < -0.4 is 4.74 Å². The lowest BCUT2D eigenvalue weighted by Crippen LogP contribution is -2.12. The van der Waals surface area contributed by atoms with E-state index in [1.54, 1.807) is 0 Å². The first kappa shape index (κ1) is 13.7. The van der Waals surface area contributed by atoms with Crippen LogP contribution in [-0.2, 0) is 6.18 Å². The Balaban J connectivity index is 3.37. The fourth-order valence-electron chi connectivity index (χ4n) is 1.00. The molecule has 0 amide bonds. The van der Waals surface area contributed by atoms with E-state index in [0.29, 0.717) is 0 Å². The standard InChI is InChI=1S/C8H3Br2F5O/c9-3-1-2-4(10)6(16-7(11)12)5(3)8(13,14)15/h1-2,7H. The molecule has 0 fully saturated rings.